The summed E-state index contributed by atoms with van der Waals surface area (Å²) in [7, 11) is 0. The van der Waals surface area contributed by atoms with Crippen molar-refractivity contribution in [1.29, 1.82) is 0 Å². The molecule has 0 aliphatic heterocycles. The van der Waals surface area contributed by atoms with Crippen molar-refractivity contribution in [2.75, 3.05) is 13.2 Å². The molecule has 0 heterocycles. The van der Waals surface area contributed by atoms with Crippen molar-refractivity contribution in [3.63, 3.8) is 0 Å². The molecule has 0 saturated heterocycles. The number of rotatable bonds is 11. The van der Waals surface area contributed by atoms with E-state index in [2.05, 4.69) is 6.92 Å². The van der Waals surface area contributed by atoms with Gasteiger partial charge in [-0.25, -0.2) is 0 Å². The third-order valence-electron chi connectivity index (χ3n) is 2.46. The molecule has 0 aromatic carbocycles. The molecule has 0 radical (unpaired) electrons. The molecule has 0 bridgehead atoms. The summed E-state index contributed by atoms with van der Waals surface area (Å²) in [5, 5.41) is 0. The Morgan fingerprint density at radius 1 is 0.933 bits per heavy atom. The Morgan fingerprint density at radius 2 is 1.53 bits per heavy atom. The highest BCUT2D eigenvalue weighted by Crippen LogP contribution is 2.03. The zero-order chi connectivity index (χ0) is 11.4. The highest BCUT2D eigenvalue weighted by Gasteiger charge is 1.94. The van der Waals surface area contributed by atoms with Crippen molar-refractivity contribution in [3.8, 4) is 0 Å². The zero-order valence-corrected chi connectivity index (χ0v) is 10.4. The van der Waals surface area contributed by atoms with E-state index in [-0.39, 0.29) is 5.78 Å². The van der Waals surface area contributed by atoms with Crippen molar-refractivity contribution < 1.29 is 9.53 Å². The average molecular weight is 214 g/mol. The normalized spacial score (nSPS) is 10.5. The first-order chi connectivity index (χ1) is 7.27. The maximum atomic E-state index is 10.6. The Kier molecular flexibility index (Phi) is 11.4. The van der Waals surface area contributed by atoms with Crippen LogP contribution in [0.1, 0.15) is 65.2 Å². The van der Waals surface area contributed by atoms with Crippen LogP contribution in [-0.4, -0.2) is 19.0 Å². The number of hydrogen-bond donors (Lipinski definition) is 0. The molecule has 0 rings (SSSR count). The molecule has 15 heavy (non-hydrogen) atoms. The molecular formula is C13H26O2. The predicted octanol–water partition coefficient (Wildman–Crippen LogP) is 3.73. The molecule has 0 spiro atoms. The second kappa shape index (κ2) is 11.7. The van der Waals surface area contributed by atoms with Crippen LogP contribution in [0.3, 0.4) is 0 Å². The fourth-order valence-corrected chi connectivity index (χ4v) is 1.49. The van der Waals surface area contributed by atoms with Crippen molar-refractivity contribution in [1.82, 2.24) is 0 Å². The molecule has 2 heteroatoms. The van der Waals surface area contributed by atoms with Gasteiger partial charge in [-0.05, 0) is 26.2 Å². The van der Waals surface area contributed by atoms with Crippen LogP contribution in [0.15, 0.2) is 0 Å². The first-order valence-corrected chi connectivity index (χ1v) is 6.34. The SMILES string of the molecule is CCCCCCCOCCCCC(C)=O. The van der Waals surface area contributed by atoms with Gasteiger partial charge in [-0.1, -0.05) is 32.6 Å². The molecular weight excluding hydrogens is 188 g/mol. The number of hydrogen-bond acceptors (Lipinski definition) is 2. The van der Waals surface area contributed by atoms with Crippen LogP contribution >= 0.6 is 0 Å². The summed E-state index contributed by atoms with van der Waals surface area (Å²) in [5.41, 5.74) is 0. The number of carbonyl (C=O) groups is 1. The smallest absolute Gasteiger partial charge is 0.129 e. The summed E-state index contributed by atoms with van der Waals surface area (Å²) in [6.07, 6.45) is 9.17. The lowest BCUT2D eigenvalue weighted by molar-refractivity contribution is -0.117. The Balaban J connectivity index is 2.89. The van der Waals surface area contributed by atoms with Crippen molar-refractivity contribution in [2.45, 2.75) is 65.2 Å². The summed E-state index contributed by atoms with van der Waals surface area (Å²) >= 11 is 0. The van der Waals surface area contributed by atoms with E-state index in [9.17, 15) is 4.79 Å². The lowest BCUT2D eigenvalue weighted by atomic mass is 10.2. The second-order valence-corrected chi connectivity index (χ2v) is 4.19. The molecule has 2 nitrogen and oxygen atoms in total. The molecule has 0 aliphatic rings. The van der Waals surface area contributed by atoms with Gasteiger partial charge in [0.2, 0.25) is 0 Å². The molecule has 0 fully saturated rings. The fourth-order valence-electron chi connectivity index (χ4n) is 1.49. The van der Waals surface area contributed by atoms with Gasteiger partial charge in [-0.3, -0.25) is 0 Å². The van der Waals surface area contributed by atoms with Crippen LogP contribution < -0.4 is 0 Å². The first kappa shape index (κ1) is 14.6. The van der Waals surface area contributed by atoms with Gasteiger partial charge < -0.3 is 9.53 Å². The average Bonchev–Trinajstić information content (AvgIpc) is 2.20. The minimum atomic E-state index is 0.287. The lowest BCUT2D eigenvalue weighted by Crippen LogP contribution is -1.98. The zero-order valence-electron chi connectivity index (χ0n) is 10.4. The highest BCUT2D eigenvalue weighted by atomic mass is 16.5. The molecule has 0 saturated carbocycles. The van der Waals surface area contributed by atoms with E-state index in [0.717, 1.165) is 26.1 Å². The Bertz CT molecular complexity index is 143. The van der Waals surface area contributed by atoms with Gasteiger partial charge in [0.15, 0.2) is 0 Å². The Hall–Kier alpha value is -0.370. The third-order valence-corrected chi connectivity index (χ3v) is 2.46. The third kappa shape index (κ3) is 13.6. The number of unbranched alkanes of at least 4 members (excludes halogenated alkanes) is 5. The minimum absolute atomic E-state index is 0.287. The van der Waals surface area contributed by atoms with Crippen LogP contribution in [0.25, 0.3) is 0 Å². The Labute approximate surface area is 94.4 Å². The number of carbonyl (C=O) groups excluding carboxylic acids is 1. The van der Waals surface area contributed by atoms with Gasteiger partial charge in [0, 0.05) is 19.6 Å². The summed E-state index contributed by atoms with van der Waals surface area (Å²) in [5.74, 6) is 0.287. The second-order valence-electron chi connectivity index (χ2n) is 4.19. The van der Waals surface area contributed by atoms with Crippen LogP contribution in [0, 0.1) is 0 Å². The van der Waals surface area contributed by atoms with Crippen molar-refractivity contribution >= 4 is 5.78 Å². The molecule has 0 aliphatic carbocycles. The maximum Gasteiger partial charge on any atom is 0.129 e. The number of Topliss-reactive ketones (excluding diaryl/α,β-unsaturated/α-hetero) is 1. The molecule has 90 valence electrons. The van der Waals surface area contributed by atoms with E-state index in [4.69, 9.17) is 4.74 Å². The first-order valence-electron chi connectivity index (χ1n) is 6.34. The largest absolute Gasteiger partial charge is 0.381 e. The van der Waals surface area contributed by atoms with E-state index in [1.165, 1.54) is 32.1 Å². The number of ketones is 1. The van der Waals surface area contributed by atoms with Gasteiger partial charge in [-0.2, -0.15) is 0 Å². The maximum absolute atomic E-state index is 10.6. The van der Waals surface area contributed by atoms with E-state index in [0.29, 0.717) is 6.42 Å². The topological polar surface area (TPSA) is 26.3 Å². The van der Waals surface area contributed by atoms with E-state index in [1.807, 2.05) is 0 Å². The standard InChI is InChI=1S/C13H26O2/c1-3-4-5-6-8-11-15-12-9-7-10-13(2)14/h3-12H2,1-2H3. The predicted molar refractivity (Wildman–Crippen MR) is 64.1 cm³/mol. The Morgan fingerprint density at radius 3 is 2.13 bits per heavy atom. The molecule has 0 aromatic heterocycles. The van der Waals surface area contributed by atoms with Crippen molar-refractivity contribution in [2.24, 2.45) is 0 Å². The van der Waals surface area contributed by atoms with Gasteiger partial charge in [0.05, 0.1) is 0 Å². The molecule has 0 atom stereocenters. The van der Waals surface area contributed by atoms with Gasteiger partial charge >= 0.3 is 0 Å². The minimum Gasteiger partial charge on any atom is -0.381 e. The fraction of sp³-hybridized carbons (Fsp3) is 0.923. The van der Waals surface area contributed by atoms with Crippen LogP contribution in [0.5, 0.6) is 0 Å². The van der Waals surface area contributed by atoms with E-state index in [1.54, 1.807) is 6.92 Å². The summed E-state index contributed by atoms with van der Waals surface area (Å²) in [4.78, 5) is 10.6. The van der Waals surface area contributed by atoms with Gasteiger partial charge in [-0.15, -0.1) is 0 Å². The monoisotopic (exact) mass is 214 g/mol. The highest BCUT2D eigenvalue weighted by molar-refractivity contribution is 5.75. The lowest BCUT2D eigenvalue weighted by Gasteiger charge is -2.03. The van der Waals surface area contributed by atoms with E-state index < -0.39 is 0 Å². The molecule has 0 aromatic rings. The van der Waals surface area contributed by atoms with Gasteiger partial charge in [0.25, 0.3) is 0 Å². The molecule has 0 unspecified atom stereocenters. The van der Waals surface area contributed by atoms with Crippen LogP contribution in [-0.2, 0) is 9.53 Å². The summed E-state index contributed by atoms with van der Waals surface area (Å²) in [6, 6.07) is 0. The molecule has 0 N–H and O–H groups in total. The number of ether oxygens (including phenoxy) is 1. The van der Waals surface area contributed by atoms with Crippen LogP contribution in [0.4, 0.5) is 0 Å². The molecule has 0 amide bonds. The summed E-state index contributed by atoms with van der Waals surface area (Å²) in [6.45, 7) is 5.59. The van der Waals surface area contributed by atoms with E-state index >= 15 is 0 Å². The van der Waals surface area contributed by atoms with Crippen LogP contribution in [0.2, 0.25) is 0 Å². The van der Waals surface area contributed by atoms with Crippen molar-refractivity contribution in [3.05, 3.63) is 0 Å². The van der Waals surface area contributed by atoms with Gasteiger partial charge in [0.1, 0.15) is 5.78 Å². The quantitative estimate of drug-likeness (QED) is 0.490. The summed E-state index contributed by atoms with van der Waals surface area (Å²) < 4.78 is 5.48.